The Morgan fingerprint density at radius 2 is 2.33 bits per heavy atom. The molecule has 1 heterocycles. The zero-order valence-electron chi connectivity index (χ0n) is 9.09. The predicted octanol–water partition coefficient (Wildman–Crippen LogP) is 0.0172. The summed E-state index contributed by atoms with van der Waals surface area (Å²) in [6.07, 6.45) is 5.17. The van der Waals surface area contributed by atoms with Crippen LogP contribution < -0.4 is 10.6 Å². The molecular formula is C11H20N2O2. The second-order valence-electron chi connectivity index (χ2n) is 4.84. The van der Waals surface area contributed by atoms with Crippen molar-refractivity contribution >= 4 is 5.91 Å². The Balaban J connectivity index is 1.70. The van der Waals surface area contributed by atoms with E-state index in [1.54, 1.807) is 0 Å². The number of nitrogens with one attached hydrogen (secondary N) is 2. The van der Waals surface area contributed by atoms with Crippen LogP contribution in [-0.2, 0) is 4.79 Å². The average molecular weight is 212 g/mol. The topological polar surface area (TPSA) is 61.4 Å². The first-order valence-electron chi connectivity index (χ1n) is 5.88. The summed E-state index contributed by atoms with van der Waals surface area (Å²) in [5, 5.41) is 15.1. The molecule has 3 N–H and O–H groups in total. The van der Waals surface area contributed by atoms with Crippen LogP contribution in [0.5, 0.6) is 0 Å². The number of hydrogen-bond donors (Lipinski definition) is 3. The Hall–Kier alpha value is -0.610. The summed E-state index contributed by atoms with van der Waals surface area (Å²) in [6, 6.07) is 0.0231. The third-order valence-corrected chi connectivity index (χ3v) is 3.61. The maximum atomic E-state index is 11.7. The lowest BCUT2D eigenvalue weighted by Crippen LogP contribution is -2.42. The first kappa shape index (κ1) is 10.9. The van der Waals surface area contributed by atoms with E-state index >= 15 is 0 Å². The lowest BCUT2D eigenvalue weighted by molar-refractivity contribution is -0.123. The van der Waals surface area contributed by atoms with Crippen LogP contribution >= 0.6 is 0 Å². The van der Waals surface area contributed by atoms with Gasteiger partial charge in [0, 0.05) is 13.2 Å². The molecule has 86 valence electrons. The SMILES string of the molecule is O=C(NCC1(CCO)CC1)[C@H]1CCCN1. The van der Waals surface area contributed by atoms with Crippen molar-refractivity contribution in [2.75, 3.05) is 19.7 Å². The molecule has 1 amide bonds. The highest BCUT2D eigenvalue weighted by atomic mass is 16.3. The van der Waals surface area contributed by atoms with E-state index in [9.17, 15) is 4.79 Å². The monoisotopic (exact) mass is 212 g/mol. The zero-order chi connectivity index (χ0) is 10.7. The second kappa shape index (κ2) is 4.49. The molecule has 4 heteroatoms. The molecule has 1 atom stereocenters. The summed E-state index contributed by atoms with van der Waals surface area (Å²) >= 11 is 0. The van der Waals surface area contributed by atoms with Crippen LogP contribution in [0, 0.1) is 5.41 Å². The van der Waals surface area contributed by atoms with E-state index in [0.29, 0.717) is 0 Å². The van der Waals surface area contributed by atoms with Crippen molar-refractivity contribution in [2.24, 2.45) is 5.41 Å². The molecule has 1 saturated carbocycles. The normalized spacial score (nSPS) is 27.7. The zero-order valence-corrected chi connectivity index (χ0v) is 9.09. The smallest absolute Gasteiger partial charge is 0.237 e. The maximum absolute atomic E-state index is 11.7. The highest BCUT2D eigenvalue weighted by Crippen LogP contribution is 2.47. The Bertz CT molecular complexity index is 233. The van der Waals surface area contributed by atoms with Crippen molar-refractivity contribution in [1.82, 2.24) is 10.6 Å². The van der Waals surface area contributed by atoms with E-state index in [2.05, 4.69) is 10.6 Å². The van der Waals surface area contributed by atoms with E-state index in [1.165, 1.54) is 0 Å². The highest BCUT2D eigenvalue weighted by molar-refractivity contribution is 5.82. The molecule has 15 heavy (non-hydrogen) atoms. The molecule has 0 aromatic rings. The van der Waals surface area contributed by atoms with Gasteiger partial charge in [0.25, 0.3) is 0 Å². The summed E-state index contributed by atoms with van der Waals surface area (Å²) in [4.78, 5) is 11.7. The number of carbonyl (C=O) groups is 1. The molecule has 4 nitrogen and oxygen atoms in total. The Morgan fingerprint density at radius 3 is 2.87 bits per heavy atom. The summed E-state index contributed by atoms with van der Waals surface area (Å²) < 4.78 is 0. The third-order valence-electron chi connectivity index (χ3n) is 3.61. The molecule has 2 fully saturated rings. The van der Waals surface area contributed by atoms with Gasteiger partial charge in [-0.1, -0.05) is 0 Å². The van der Waals surface area contributed by atoms with E-state index in [0.717, 1.165) is 45.2 Å². The standard InChI is InChI=1S/C11H20N2O2/c14-7-5-11(3-4-11)8-13-10(15)9-2-1-6-12-9/h9,12,14H,1-8H2,(H,13,15)/t9-/m1/s1. The predicted molar refractivity (Wildman–Crippen MR) is 57.4 cm³/mol. The van der Waals surface area contributed by atoms with Gasteiger partial charge in [-0.25, -0.2) is 0 Å². The minimum Gasteiger partial charge on any atom is -0.396 e. The number of aliphatic hydroxyl groups excluding tert-OH is 1. The molecule has 0 unspecified atom stereocenters. The van der Waals surface area contributed by atoms with Crippen molar-refractivity contribution in [2.45, 2.75) is 38.1 Å². The van der Waals surface area contributed by atoms with Crippen LogP contribution in [-0.4, -0.2) is 36.8 Å². The fraction of sp³-hybridized carbons (Fsp3) is 0.909. The lowest BCUT2D eigenvalue weighted by atomic mass is 10.0. The number of carbonyl (C=O) groups excluding carboxylic acids is 1. The van der Waals surface area contributed by atoms with Crippen molar-refractivity contribution in [3.63, 3.8) is 0 Å². The molecule has 1 aliphatic heterocycles. The maximum Gasteiger partial charge on any atom is 0.237 e. The molecule has 2 aliphatic rings. The van der Waals surface area contributed by atoms with Crippen LogP contribution in [0.1, 0.15) is 32.1 Å². The van der Waals surface area contributed by atoms with Crippen LogP contribution in [0.15, 0.2) is 0 Å². The van der Waals surface area contributed by atoms with Crippen LogP contribution in [0.2, 0.25) is 0 Å². The molecule has 0 aromatic heterocycles. The van der Waals surface area contributed by atoms with Gasteiger partial charge in [0.15, 0.2) is 0 Å². The van der Waals surface area contributed by atoms with Gasteiger partial charge < -0.3 is 15.7 Å². The fourth-order valence-corrected chi connectivity index (χ4v) is 2.24. The minimum atomic E-state index is 0.0231. The van der Waals surface area contributed by atoms with Crippen molar-refractivity contribution in [3.05, 3.63) is 0 Å². The van der Waals surface area contributed by atoms with Gasteiger partial charge in [0.05, 0.1) is 6.04 Å². The molecule has 0 aromatic carbocycles. The van der Waals surface area contributed by atoms with E-state index < -0.39 is 0 Å². The molecule has 2 rings (SSSR count). The molecule has 0 bridgehead atoms. The molecule has 0 spiro atoms. The van der Waals surface area contributed by atoms with Gasteiger partial charge in [0.1, 0.15) is 0 Å². The van der Waals surface area contributed by atoms with E-state index in [-0.39, 0.29) is 24.0 Å². The van der Waals surface area contributed by atoms with Gasteiger partial charge >= 0.3 is 0 Å². The number of hydrogen-bond acceptors (Lipinski definition) is 3. The van der Waals surface area contributed by atoms with E-state index in [1.807, 2.05) is 0 Å². The summed E-state index contributed by atoms with van der Waals surface area (Å²) in [6.45, 7) is 1.93. The van der Waals surface area contributed by atoms with Crippen molar-refractivity contribution in [1.29, 1.82) is 0 Å². The highest BCUT2D eigenvalue weighted by Gasteiger charge is 2.42. The van der Waals surface area contributed by atoms with Gasteiger partial charge in [-0.3, -0.25) is 4.79 Å². The van der Waals surface area contributed by atoms with Crippen LogP contribution in [0.3, 0.4) is 0 Å². The second-order valence-corrected chi connectivity index (χ2v) is 4.84. The van der Waals surface area contributed by atoms with Crippen molar-refractivity contribution < 1.29 is 9.90 Å². The molecule has 0 radical (unpaired) electrons. The molecule has 1 aliphatic carbocycles. The van der Waals surface area contributed by atoms with Gasteiger partial charge in [-0.2, -0.15) is 0 Å². The average Bonchev–Trinajstić information content (AvgIpc) is 2.81. The Kier molecular flexibility index (Phi) is 3.26. The first-order valence-corrected chi connectivity index (χ1v) is 5.88. The Labute approximate surface area is 90.4 Å². The van der Waals surface area contributed by atoms with Gasteiger partial charge in [0.2, 0.25) is 5.91 Å². The number of rotatable bonds is 5. The number of aliphatic hydroxyl groups is 1. The van der Waals surface area contributed by atoms with Crippen LogP contribution in [0.25, 0.3) is 0 Å². The Morgan fingerprint density at radius 1 is 1.53 bits per heavy atom. The molecule has 1 saturated heterocycles. The van der Waals surface area contributed by atoms with Crippen LogP contribution in [0.4, 0.5) is 0 Å². The summed E-state index contributed by atoms with van der Waals surface area (Å²) in [5.41, 5.74) is 0.225. The van der Waals surface area contributed by atoms with Gasteiger partial charge in [-0.05, 0) is 44.1 Å². The lowest BCUT2D eigenvalue weighted by Gasteiger charge is -2.16. The molecular weight excluding hydrogens is 192 g/mol. The third kappa shape index (κ3) is 2.69. The number of amides is 1. The first-order chi connectivity index (χ1) is 7.26. The quantitative estimate of drug-likeness (QED) is 0.602. The van der Waals surface area contributed by atoms with Gasteiger partial charge in [-0.15, -0.1) is 0 Å². The fourth-order valence-electron chi connectivity index (χ4n) is 2.24. The minimum absolute atomic E-state index is 0.0231. The summed E-state index contributed by atoms with van der Waals surface area (Å²) in [5.74, 6) is 0.136. The largest absolute Gasteiger partial charge is 0.396 e. The summed E-state index contributed by atoms with van der Waals surface area (Å²) in [7, 11) is 0. The van der Waals surface area contributed by atoms with Crippen molar-refractivity contribution in [3.8, 4) is 0 Å². The van der Waals surface area contributed by atoms with E-state index in [4.69, 9.17) is 5.11 Å².